The van der Waals surface area contributed by atoms with E-state index in [4.69, 9.17) is 4.42 Å². The first-order valence-electron chi connectivity index (χ1n) is 29.4. The molecule has 0 unspecified atom stereocenters. The maximum absolute atomic E-state index is 7.52. The fourth-order valence-corrected chi connectivity index (χ4v) is 13.8. The van der Waals surface area contributed by atoms with Crippen molar-refractivity contribution in [2.45, 2.75) is 110 Å². The Morgan fingerprint density at radius 2 is 0.720 bits per heavy atom. The lowest BCUT2D eigenvalue weighted by Crippen LogP contribution is -2.26. The van der Waals surface area contributed by atoms with E-state index in [1.165, 1.54) is 82.9 Å². The van der Waals surface area contributed by atoms with Gasteiger partial charge in [-0.05, 0) is 172 Å². The number of furan rings is 1. The first-order chi connectivity index (χ1) is 39.2. The van der Waals surface area contributed by atoms with E-state index in [2.05, 4.69) is 311 Å². The van der Waals surface area contributed by atoms with Crippen LogP contribution in [0.4, 0.5) is 34.1 Å². The van der Waals surface area contributed by atoms with Gasteiger partial charge in [0.25, 0.3) is 0 Å². The lowest BCUT2D eigenvalue weighted by Gasteiger charge is -2.34. The van der Waals surface area contributed by atoms with E-state index < -0.39 is 5.41 Å². The van der Waals surface area contributed by atoms with Crippen molar-refractivity contribution in [3.05, 3.63) is 263 Å². The van der Waals surface area contributed by atoms with E-state index >= 15 is 0 Å². The molecule has 2 aliphatic rings. The molecule has 3 heteroatoms. The van der Waals surface area contributed by atoms with E-state index in [9.17, 15) is 0 Å². The molecule has 404 valence electrons. The highest BCUT2D eigenvalue weighted by atomic mass is 16.3. The minimum atomic E-state index is -0.743. The van der Waals surface area contributed by atoms with Crippen LogP contribution in [0.15, 0.2) is 223 Å². The third-order valence-electron chi connectivity index (χ3n) is 18.1. The zero-order valence-electron chi connectivity index (χ0n) is 49.6. The molecule has 0 bridgehead atoms. The summed E-state index contributed by atoms with van der Waals surface area (Å²) in [4.78, 5) is 4.96. The molecule has 1 spiro atoms. The smallest absolute Gasteiger partial charge is 0.144 e. The van der Waals surface area contributed by atoms with Crippen LogP contribution in [0.3, 0.4) is 0 Å². The predicted molar refractivity (Wildman–Crippen MR) is 349 cm³/mol. The van der Waals surface area contributed by atoms with E-state index in [0.717, 1.165) is 61.4 Å². The molecular formula is C79H72N2O. The summed E-state index contributed by atoms with van der Waals surface area (Å²) in [5, 5.41) is 6.99. The third-order valence-corrected chi connectivity index (χ3v) is 18.1. The molecule has 1 heterocycles. The summed E-state index contributed by atoms with van der Waals surface area (Å²) in [6, 6.07) is 83.2. The zero-order valence-corrected chi connectivity index (χ0v) is 49.6. The summed E-state index contributed by atoms with van der Waals surface area (Å²) in [6.45, 7) is 27.5. The van der Waals surface area contributed by atoms with Gasteiger partial charge >= 0.3 is 0 Å². The van der Waals surface area contributed by atoms with Crippen molar-refractivity contribution < 1.29 is 4.42 Å². The number of hydrogen-bond donors (Lipinski definition) is 0. The van der Waals surface area contributed by atoms with Gasteiger partial charge in [-0.25, -0.2) is 0 Å². The zero-order chi connectivity index (χ0) is 56.8. The van der Waals surface area contributed by atoms with Crippen LogP contribution in [0.5, 0.6) is 0 Å². The Balaban J connectivity index is 1.11. The van der Waals surface area contributed by atoms with Crippen molar-refractivity contribution >= 4 is 77.6 Å². The van der Waals surface area contributed by atoms with Crippen LogP contribution in [0.25, 0.3) is 65.7 Å². The van der Waals surface area contributed by atoms with Gasteiger partial charge in [-0.2, -0.15) is 0 Å². The largest absolute Gasteiger partial charge is 0.455 e. The highest BCUT2D eigenvalue weighted by Crippen LogP contribution is 2.68. The minimum Gasteiger partial charge on any atom is -0.455 e. The molecule has 0 aliphatic heterocycles. The Hall–Kier alpha value is -8.66. The van der Waals surface area contributed by atoms with Crippen molar-refractivity contribution in [1.29, 1.82) is 0 Å². The monoisotopic (exact) mass is 1060 g/mol. The molecule has 11 aromatic carbocycles. The van der Waals surface area contributed by atoms with E-state index in [1.54, 1.807) is 0 Å². The van der Waals surface area contributed by atoms with Gasteiger partial charge in [-0.1, -0.05) is 229 Å². The number of fused-ring (bicyclic) bond motifs is 19. The van der Waals surface area contributed by atoms with Gasteiger partial charge in [0, 0.05) is 50.2 Å². The fourth-order valence-electron chi connectivity index (χ4n) is 13.8. The number of rotatable bonds is 6. The molecule has 0 fully saturated rings. The molecular weight excluding hydrogens is 993 g/mol. The normalized spacial score (nSPS) is 13.7. The predicted octanol–water partition coefficient (Wildman–Crippen LogP) is 22.4. The second kappa shape index (κ2) is 18.2. The van der Waals surface area contributed by atoms with Gasteiger partial charge in [0.2, 0.25) is 0 Å². The number of para-hydroxylation sites is 1. The van der Waals surface area contributed by atoms with Crippen LogP contribution in [-0.2, 0) is 27.1 Å². The summed E-state index contributed by atoms with van der Waals surface area (Å²) < 4.78 is 7.52. The van der Waals surface area contributed by atoms with Crippen molar-refractivity contribution in [3.8, 4) is 22.3 Å². The Morgan fingerprint density at radius 1 is 0.317 bits per heavy atom. The van der Waals surface area contributed by atoms with Gasteiger partial charge in [0.15, 0.2) is 0 Å². The average molecular weight is 1070 g/mol. The third kappa shape index (κ3) is 7.83. The number of benzene rings is 11. The summed E-state index contributed by atoms with van der Waals surface area (Å²) >= 11 is 0. The molecule has 0 saturated heterocycles. The summed E-state index contributed by atoms with van der Waals surface area (Å²) in [6.07, 6.45) is 0. The molecule has 3 nitrogen and oxygen atoms in total. The van der Waals surface area contributed by atoms with Crippen LogP contribution >= 0.6 is 0 Å². The second-order valence-electron chi connectivity index (χ2n) is 27.3. The lowest BCUT2D eigenvalue weighted by atomic mass is 9.69. The first kappa shape index (κ1) is 51.5. The van der Waals surface area contributed by atoms with E-state index in [0.29, 0.717) is 0 Å². The summed E-state index contributed by atoms with van der Waals surface area (Å²) in [7, 11) is 0. The molecule has 14 rings (SSSR count). The summed E-state index contributed by atoms with van der Waals surface area (Å²) in [5.41, 5.74) is 23.0. The Kier molecular flexibility index (Phi) is 11.4. The standard InChI is InChI=1S/C79H72N2O/c1-75(2,3)49-29-37-53(38-30-49)80(54-39-31-50(32-40-54)76(4,5)6)57-45-46-62-64(47-57)70-63-25-17-20-28-69(63)82-74(70)72-71-61-24-14-13-23-60(61)68(48-67(71)79(73(62)72)65-26-18-15-21-58(65)59-22-16-19-27-66(59)79)81(55-41-33-51(34-42-55)77(7,8)9)56-43-35-52(36-44-56)78(10,11)12/h13-48H,1-12H3. The Labute approximate surface area is 484 Å². The van der Waals surface area contributed by atoms with Crippen LogP contribution in [0.2, 0.25) is 0 Å². The maximum atomic E-state index is 7.52. The van der Waals surface area contributed by atoms with Crippen LogP contribution in [0.1, 0.15) is 128 Å². The van der Waals surface area contributed by atoms with Gasteiger partial charge < -0.3 is 14.2 Å². The molecule has 0 amide bonds. The van der Waals surface area contributed by atoms with Crippen molar-refractivity contribution in [3.63, 3.8) is 0 Å². The topological polar surface area (TPSA) is 19.6 Å². The van der Waals surface area contributed by atoms with Crippen LogP contribution in [0, 0.1) is 0 Å². The number of hydrogen-bond acceptors (Lipinski definition) is 3. The Bertz CT molecular complexity index is 4350. The second-order valence-corrected chi connectivity index (χ2v) is 27.3. The van der Waals surface area contributed by atoms with E-state index in [1.807, 2.05) is 0 Å². The molecule has 12 aromatic rings. The average Bonchev–Trinajstić information content (AvgIpc) is 1.84. The SMILES string of the molecule is CC(C)(C)c1ccc(N(c2ccc(C(C)(C)C)cc2)c2ccc3c4c(c5oc6ccccc6c5c3c2)-c2c(cc(N(c3ccc(C(C)(C)C)cc3)c3ccc(C(C)(C)C)cc3)c3ccccc23)C42c3ccccc3-c3ccccc32)cc1. The van der Waals surface area contributed by atoms with Crippen molar-refractivity contribution in [2.75, 3.05) is 9.80 Å². The van der Waals surface area contributed by atoms with Crippen molar-refractivity contribution in [1.82, 2.24) is 0 Å². The van der Waals surface area contributed by atoms with Gasteiger partial charge in [-0.15, -0.1) is 0 Å². The van der Waals surface area contributed by atoms with Gasteiger partial charge in [0.05, 0.1) is 11.1 Å². The van der Waals surface area contributed by atoms with Crippen molar-refractivity contribution in [2.24, 2.45) is 0 Å². The van der Waals surface area contributed by atoms with Gasteiger partial charge in [-0.3, -0.25) is 0 Å². The molecule has 0 atom stereocenters. The molecule has 2 aliphatic carbocycles. The van der Waals surface area contributed by atoms with Crippen LogP contribution < -0.4 is 9.80 Å². The quantitative estimate of drug-likeness (QED) is 0.165. The lowest BCUT2D eigenvalue weighted by molar-refractivity contribution is 0.590. The fraction of sp³-hybridized carbons (Fsp3) is 0.215. The molecule has 1 aromatic heterocycles. The Morgan fingerprint density at radius 3 is 1.20 bits per heavy atom. The highest BCUT2D eigenvalue weighted by Gasteiger charge is 2.54. The molecule has 0 radical (unpaired) electrons. The number of anilines is 6. The highest BCUT2D eigenvalue weighted by molar-refractivity contribution is 6.29. The minimum absolute atomic E-state index is 0.00138. The molecule has 0 N–H and O–H groups in total. The van der Waals surface area contributed by atoms with Gasteiger partial charge in [0.1, 0.15) is 11.2 Å². The van der Waals surface area contributed by atoms with Crippen LogP contribution in [-0.4, -0.2) is 0 Å². The van der Waals surface area contributed by atoms with E-state index in [-0.39, 0.29) is 21.7 Å². The molecule has 0 saturated carbocycles. The summed E-state index contributed by atoms with van der Waals surface area (Å²) in [5.74, 6) is 0. The maximum Gasteiger partial charge on any atom is 0.144 e. The first-order valence-corrected chi connectivity index (χ1v) is 29.4. The molecule has 82 heavy (non-hydrogen) atoms. The number of nitrogens with zero attached hydrogens (tertiary/aromatic N) is 2.